The van der Waals surface area contributed by atoms with Gasteiger partial charge in [0.25, 0.3) is 0 Å². The second-order valence-corrected chi connectivity index (χ2v) is 5.25. The number of carboxylic acid groups (broad SMARTS) is 1. The van der Waals surface area contributed by atoms with Crippen molar-refractivity contribution in [2.24, 2.45) is 0 Å². The normalized spacial score (nSPS) is 12.5. The minimum absolute atomic E-state index is 0.418. The molecule has 2 N–H and O–H groups in total. The number of carbonyl (C=O) groups is 1. The first-order valence-electron chi connectivity index (χ1n) is 5.89. The van der Waals surface area contributed by atoms with Gasteiger partial charge in [0.05, 0.1) is 7.11 Å². The van der Waals surface area contributed by atoms with Gasteiger partial charge in [0.2, 0.25) is 0 Å². The summed E-state index contributed by atoms with van der Waals surface area (Å²) in [7, 11) is 5.15. The monoisotopic (exact) mass is 330 g/mol. The molecule has 1 aromatic carbocycles. The zero-order valence-corrected chi connectivity index (χ0v) is 12.9. The molecule has 0 radical (unpaired) electrons. The molecule has 0 aliphatic carbocycles. The minimum Gasteiger partial charge on any atom is -0.496 e. The van der Waals surface area contributed by atoms with Gasteiger partial charge in [-0.25, -0.2) is 0 Å². The first-order chi connectivity index (χ1) is 8.97. The Balaban J connectivity index is 2.73. The van der Waals surface area contributed by atoms with Crippen LogP contribution in [0.2, 0.25) is 0 Å². The number of hydrogen-bond donors (Lipinski definition) is 2. The van der Waals surface area contributed by atoms with E-state index in [1.54, 1.807) is 14.2 Å². The lowest BCUT2D eigenvalue weighted by atomic mass is 10.2. The van der Waals surface area contributed by atoms with Crippen molar-refractivity contribution in [3.05, 3.63) is 28.2 Å². The highest BCUT2D eigenvalue weighted by atomic mass is 79.9. The molecule has 5 nitrogen and oxygen atoms in total. The number of ether oxygens (including phenoxy) is 1. The standard InChI is InChI=1S/C13H19BrN2O3/c1-15-11(13(17)18)8-16(2)7-9-6-10(14)4-5-12(9)19-3/h4-6,11,15H,7-8H2,1-3H3,(H,17,18). The molecule has 0 saturated carbocycles. The van der Waals surface area contributed by atoms with Crippen LogP contribution in [0.3, 0.4) is 0 Å². The lowest BCUT2D eigenvalue weighted by molar-refractivity contribution is -0.139. The van der Waals surface area contributed by atoms with Crippen LogP contribution in [0.15, 0.2) is 22.7 Å². The van der Waals surface area contributed by atoms with Gasteiger partial charge in [0.1, 0.15) is 11.8 Å². The number of nitrogens with one attached hydrogen (secondary N) is 1. The zero-order chi connectivity index (χ0) is 14.4. The smallest absolute Gasteiger partial charge is 0.322 e. The fourth-order valence-electron chi connectivity index (χ4n) is 1.83. The highest BCUT2D eigenvalue weighted by molar-refractivity contribution is 9.10. The van der Waals surface area contributed by atoms with E-state index in [9.17, 15) is 4.79 Å². The van der Waals surface area contributed by atoms with Crippen LogP contribution in [0, 0.1) is 0 Å². The molecule has 0 aliphatic heterocycles. The second-order valence-electron chi connectivity index (χ2n) is 4.33. The predicted molar refractivity (Wildman–Crippen MR) is 77.5 cm³/mol. The molecule has 1 rings (SSSR count). The van der Waals surface area contributed by atoms with Crippen molar-refractivity contribution in [3.63, 3.8) is 0 Å². The second kappa shape index (κ2) is 7.47. The summed E-state index contributed by atoms with van der Waals surface area (Å²) in [5.41, 5.74) is 1.01. The van der Waals surface area contributed by atoms with Crippen LogP contribution in [0.1, 0.15) is 5.56 Å². The Morgan fingerprint density at radius 2 is 2.26 bits per heavy atom. The molecule has 6 heteroatoms. The molecule has 106 valence electrons. The van der Waals surface area contributed by atoms with Gasteiger partial charge in [0.15, 0.2) is 0 Å². The third-order valence-electron chi connectivity index (χ3n) is 2.82. The van der Waals surface area contributed by atoms with E-state index in [4.69, 9.17) is 9.84 Å². The number of halogens is 1. The van der Waals surface area contributed by atoms with Gasteiger partial charge in [0, 0.05) is 23.1 Å². The van der Waals surface area contributed by atoms with Gasteiger partial charge in [-0.05, 0) is 32.3 Å². The summed E-state index contributed by atoms with van der Waals surface area (Å²) >= 11 is 3.42. The molecular formula is C13H19BrN2O3. The molecule has 19 heavy (non-hydrogen) atoms. The Bertz CT molecular complexity index is 440. The summed E-state index contributed by atoms with van der Waals surface area (Å²) in [5.74, 6) is -0.0538. The van der Waals surface area contributed by atoms with Crippen LogP contribution in [0.5, 0.6) is 5.75 Å². The highest BCUT2D eigenvalue weighted by Gasteiger charge is 2.17. The van der Waals surface area contributed by atoms with Crippen molar-refractivity contribution in [1.82, 2.24) is 10.2 Å². The van der Waals surface area contributed by atoms with Crippen molar-refractivity contribution < 1.29 is 14.6 Å². The molecular weight excluding hydrogens is 312 g/mol. The minimum atomic E-state index is -0.851. The predicted octanol–water partition coefficient (Wildman–Crippen LogP) is 1.56. The first kappa shape index (κ1) is 15.9. The highest BCUT2D eigenvalue weighted by Crippen LogP contribution is 2.24. The Labute approximate surface area is 121 Å². The van der Waals surface area contributed by atoms with E-state index in [0.29, 0.717) is 13.1 Å². The van der Waals surface area contributed by atoms with E-state index < -0.39 is 12.0 Å². The Morgan fingerprint density at radius 3 is 2.79 bits per heavy atom. The molecule has 1 unspecified atom stereocenters. The first-order valence-corrected chi connectivity index (χ1v) is 6.68. The third-order valence-corrected chi connectivity index (χ3v) is 3.32. The summed E-state index contributed by atoms with van der Waals surface area (Å²) < 4.78 is 6.27. The van der Waals surface area contributed by atoms with Gasteiger partial charge < -0.3 is 15.2 Å². The van der Waals surface area contributed by atoms with Crippen molar-refractivity contribution in [1.29, 1.82) is 0 Å². The van der Waals surface area contributed by atoms with Crippen molar-refractivity contribution in [3.8, 4) is 5.75 Å². The van der Waals surface area contributed by atoms with Crippen LogP contribution in [0.25, 0.3) is 0 Å². The van der Waals surface area contributed by atoms with Gasteiger partial charge in [-0.2, -0.15) is 0 Å². The number of carboxylic acids is 1. The van der Waals surface area contributed by atoms with Gasteiger partial charge >= 0.3 is 5.97 Å². The molecule has 0 amide bonds. The van der Waals surface area contributed by atoms with Crippen LogP contribution < -0.4 is 10.1 Å². The fourth-order valence-corrected chi connectivity index (χ4v) is 2.24. The summed E-state index contributed by atoms with van der Waals surface area (Å²) in [4.78, 5) is 12.9. The Morgan fingerprint density at radius 1 is 1.58 bits per heavy atom. The largest absolute Gasteiger partial charge is 0.496 e. The van der Waals surface area contributed by atoms with Crippen LogP contribution in [-0.4, -0.2) is 49.8 Å². The maximum absolute atomic E-state index is 11.0. The van der Waals surface area contributed by atoms with E-state index in [1.165, 1.54) is 0 Å². The van der Waals surface area contributed by atoms with Gasteiger partial charge in [-0.15, -0.1) is 0 Å². The van der Waals surface area contributed by atoms with Crippen molar-refractivity contribution in [2.45, 2.75) is 12.6 Å². The number of nitrogens with zero attached hydrogens (tertiary/aromatic N) is 1. The quantitative estimate of drug-likeness (QED) is 0.794. The number of likely N-dealkylation sites (N-methyl/N-ethyl adjacent to an activating group) is 2. The number of methoxy groups -OCH3 is 1. The Hall–Kier alpha value is -1.11. The Kier molecular flexibility index (Phi) is 6.27. The summed E-state index contributed by atoms with van der Waals surface area (Å²) in [6, 6.07) is 5.20. The maximum atomic E-state index is 11.0. The molecule has 0 fully saturated rings. The lowest BCUT2D eigenvalue weighted by Crippen LogP contribution is -2.43. The summed E-state index contributed by atoms with van der Waals surface area (Å²) in [6.45, 7) is 1.04. The van der Waals surface area contributed by atoms with E-state index in [1.807, 2.05) is 30.1 Å². The molecule has 1 atom stereocenters. The maximum Gasteiger partial charge on any atom is 0.322 e. The van der Waals surface area contributed by atoms with Crippen molar-refractivity contribution in [2.75, 3.05) is 27.7 Å². The van der Waals surface area contributed by atoms with Crippen LogP contribution in [0.4, 0.5) is 0 Å². The van der Waals surface area contributed by atoms with E-state index in [2.05, 4.69) is 21.2 Å². The molecule has 0 aromatic heterocycles. The average Bonchev–Trinajstić information content (AvgIpc) is 2.35. The van der Waals surface area contributed by atoms with Crippen LogP contribution >= 0.6 is 15.9 Å². The molecule has 0 bridgehead atoms. The van der Waals surface area contributed by atoms with E-state index in [-0.39, 0.29) is 0 Å². The van der Waals surface area contributed by atoms with E-state index in [0.717, 1.165) is 15.8 Å². The molecule has 0 spiro atoms. The molecule has 0 heterocycles. The summed E-state index contributed by atoms with van der Waals surface area (Å²) in [6.07, 6.45) is 0. The zero-order valence-electron chi connectivity index (χ0n) is 11.3. The lowest BCUT2D eigenvalue weighted by Gasteiger charge is -2.22. The number of benzene rings is 1. The number of aliphatic carboxylic acids is 1. The van der Waals surface area contributed by atoms with Crippen LogP contribution in [-0.2, 0) is 11.3 Å². The number of hydrogen-bond acceptors (Lipinski definition) is 4. The average molecular weight is 331 g/mol. The molecule has 0 saturated heterocycles. The molecule has 0 aliphatic rings. The van der Waals surface area contributed by atoms with E-state index >= 15 is 0 Å². The molecule has 1 aromatic rings. The van der Waals surface area contributed by atoms with Crippen molar-refractivity contribution >= 4 is 21.9 Å². The van der Waals surface area contributed by atoms with Gasteiger partial charge in [-0.1, -0.05) is 15.9 Å². The summed E-state index contributed by atoms with van der Waals surface area (Å²) in [5, 5.41) is 11.8. The van der Waals surface area contributed by atoms with Gasteiger partial charge in [-0.3, -0.25) is 9.69 Å². The SMILES string of the molecule is CNC(CN(C)Cc1cc(Br)ccc1OC)C(=O)O. The third kappa shape index (κ3) is 4.81. The topological polar surface area (TPSA) is 61.8 Å². The number of rotatable bonds is 7. The fraction of sp³-hybridized carbons (Fsp3) is 0.462.